The van der Waals surface area contributed by atoms with Gasteiger partial charge in [-0.25, -0.2) is 0 Å². The van der Waals surface area contributed by atoms with Crippen LogP contribution in [0.25, 0.3) is 0 Å². The number of furan rings is 1. The summed E-state index contributed by atoms with van der Waals surface area (Å²) < 4.78 is 5.17. The second kappa shape index (κ2) is 4.38. The van der Waals surface area contributed by atoms with Crippen molar-refractivity contribution in [3.05, 3.63) is 24.2 Å². The molecule has 86 valence electrons. The van der Waals surface area contributed by atoms with Crippen molar-refractivity contribution < 1.29 is 14.0 Å². The topological polar surface area (TPSA) is 62.6 Å². The number of hydrogen-bond acceptors (Lipinski definition) is 3. The molecule has 5 heteroatoms. The van der Waals surface area contributed by atoms with Crippen LogP contribution in [-0.2, 0) is 16.1 Å². The van der Waals surface area contributed by atoms with E-state index in [1.165, 1.54) is 0 Å². The summed E-state index contributed by atoms with van der Waals surface area (Å²) >= 11 is 0. The van der Waals surface area contributed by atoms with Crippen LogP contribution in [0.2, 0.25) is 0 Å². The van der Waals surface area contributed by atoms with Gasteiger partial charge < -0.3 is 14.6 Å². The number of likely N-dealkylation sites (tertiary alicyclic amines) is 1. The Morgan fingerprint density at radius 2 is 2.50 bits per heavy atom. The van der Waals surface area contributed by atoms with Crippen LogP contribution >= 0.6 is 0 Å². The Morgan fingerprint density at radius 3 is 3.12 bits per heavy atom. The zero-order chi connectivity index (χ0) is 11.5. The maximum atomic E-state index is 11.6. The molecule has 0 bridgehead atoms. The molecule has 0 aliphatic carbocycles. The number of rotatable bonds is 3. The molecule has 2 rings (SSSR count). The molecule has 5 nitrogen and oxygen atoms in total. The smallest absolute Gasteiger partial charge is 0.225 e. The number of nitrogens with zero attached hydrogens (tertiary/aromatic N) is 1. The summed E-state index contributed by atoms with van der Waals surface area (Å²) in [7, 11) is 1.59. The van der Waals surface area contributed by atoms with Gasteiger partial charge in [-0.3, -0.25) is 9.59 Å². The van der Waals surface area contributed by atoms with E-state index in [0.29, 0.717) is 19.5 Å². The maximum Gasteiger partial charge on any atom is 0.225 e. The summed E-state index contributed by atoms with van der Waals surface area (Å²) in [6, 6.07) is 3.60. The van der Waals surface area contributed by atoms with E-state index < -0.39 is 0 Å². The van der Waals surface area contributed by atoms with Crippen molar-refractivity contribution in [2.45, 2.75) is 13.0 Å². The minimum atomic E-state index is -0.229. The zero-order valence-electron chi connectivity index (χ0n) is 9.10. The molecule has 1 aliphatic heterocycles. The molecule has 16 heavy (non-hydrogen) atoms. The van der Waals surface area contributed by atoms with Gasteiger partial charge in [0, 0.05) is 20.0 Å². The molecule has 0 spiro atoms. The minimum Gasteiger partial charge on any atom is -0.467 e. The molecule has 1 N–H and O–H groups in total. The second-order valence-corrected chi connectivity index (χ2v) is 3.87. The summed E-state index contributed by atoms with van der Waals surface area (Å²) in [5.74, 6) is 0.443. The first-order valence-electron chi connectivity index (χ1n) is 5.22. The van der Waals surface area contributed by atoms with Gasteiger partial charge in [-0.15, -0.1) is 0 Å². The Labute approximate surface area is 93.4 Å². The third-order valence-corrected chi connectivity index (χ3v) is 2.76. The Bertz CT molecular complexity index is 386. The Morgan fingerprint density at radius 1 is 1.69 bits per heavy atom. The van der Waals surface area contributed by atoms with E-state index >= 15 is 0 Å². The monoisotopic (exact) mass is 222 g/mol. The van der Waals surface area contributed by atoms with Gasteiger partial charge in [0.15, 0.2) is 0 Å². The van der Waals surface area contributed by atoms with Crippen LogP contribution in [0.1, 0.15) is 12.2 Å². The van der Waals surface area contributed by atoms with Gasteiger partial charge in [0.25, 0.3) is 0 Å². The lowest BCUT2D eigenvalue weighted by Crippen LogP contribution is -2.30. The summed E-state index contributed by atoms with van der Waals surface area (Å²) in [5.41, 5.74) is 0. The number of amides is 2. The first kappa shape index (κ1) is 10.7. The van der Waals surface area contributed by atoms with E-state index in [0.717, 1.165) is 5.76 Å². The van der Waals surface area contributed by atoms with Gasteiger partial charge in [-0.2, -0.15) is 0 Å². The zero-order valence-corrected chi connectivity index (χ0v) is 9.10. The van der Waals surface area contributed by atoms with Gasteiger partial charge in [-0.1, -0.05) is 0 Å². The molecule has 2 heterocycles. The highest BCUT2D eigenvalue weighted by Gasteiger charge is 2.33. The first-order chi connectivity index (χ1) is 7.70. The van der Waals surface area contributed by atoms with E-state index in [1.807, 2.05) is 6.07 Å². The van der Waals surface area contributed by atoms with Gasteiger partial charge in [0.1, 0.15) is 5.76 Å². The summed E-state index contributed by atoms with van der Waals surface area (Å²) in [4.78, 5) is 24.7. The Kier molecular flexibility index (Phi) is 2.94. The Balaban J connectivity index is 1.97. The predicted octanol–water partition coefficient (Wildman–Crippen LogP) is 0.374. The molecular formula is C11H14N2O3. The molecule has 1 aromatic heterocycles. The highest BCUT2D eigenvalue weighted by Crippen LogP contribution is 2.20. The normalized spacial score (nSPS) is 20.2. The molecule has 1 aliphatic rings. The molecule has 1 unspecified atom stereocenters. The highest BCUT2D eigenvalue weighted by atomic mass is 16.3. The molecule has 1 aromatic rings. The molecule has 0 aromatic carbocycles. The van der Waals surface area contributed by atoms with Crippen molar-refractivity contribution in [1.29, 1.82) is 0 Å². The van der Waals surface area contributed by atoms with Crippen molar-refractivity contribution in [2.24, 2.45) is 5.92 Å². The molecular weight excluding hydrogens is 208 g/mol. The number of nitrogens with one attached hydrogen (secondary N) is 1. The quantitative estimate of drug-likeness (QED) is 0.804. The van der Waals surface area contributed by atoms with E-state index in [2.05, 4.69) is 5.32 Å². The van der Waals surface area contributed by atoms with Crippen LogP contribution in [0.3, 0.4) is 0 Å². The fourth-order valence-electron chi connectivity index (χ4n) is 1.90. The number of carbonyl (C=O) groups excluding carboxylic acids is 2. The van der Waals surface area contributed by atoms with E-state index in [4.69, 9.17) is 4.42 Å². The van der Waals surface area contributed by atoms with Crippen LogP contribution < -0.4 is 5.32 Å². The van der Waals surface area contributed by atoms with Gasteiger partial charge in [0.2, 0.25) is 11.8 Å². The van der Waals surface area contributed by atoms with Crippen molar-refractivity contribution in [3.63, 3.8) is 0 Å². The van der Waals surface area contributed by atoms with Crippen LogP contribution in [-0.4, -0.2) is 30.3 Å². The van der Waals surface area contributed by atoms with Crippen molar-refractivity contribution in [3.8, 4) is 0 Å². The van der Waals surface area contributed by atoms with Crippen molar-refractivity contribution >= 4 is 11.8 Å². The Hall–Kier alpha value is -1.78. The van der Waals surface area contributed by atoms with Crippen LogP contribution in [0.5, 0.6) is 0 Å². The van der Waals surface area contributed by atoms with E-state index in [1.54, 1.807) is 24.3 Å². The molecule has 1 saturated heterocycles. The largest absolute Gasteiger partial charge is 0.467 e. The fourth-order valence-corrected chi connectivity index (χ4v) is 1.90. The summed E-state index contributed by atoms with van der Waals surface area (Å²) in [6.45, 7) is 0.915. The fraction of sp³-hybridized carbons (Fsp3) is 0.455. The third kappa shape index (κ3) is 2.08. The summed E-state index contributed by atoms with van der Waals surface area (Å²) in [6.07, 6.45) is 1.87. The standard InChI is InChI=1S/C11H14N2O3/c1-12-11(15)8-5-10(14)13(6-8)7-9-3-2-4-16-9/h2-4,8H,5-7H2,1H3,(H,12,15). The van der Waals surface area contributed by atoms with Gasteiger partial charge >= 0.3 is 0 Å². The first-order valence-corrected chi connectivity index (χ1v) is 5.22. The lowest BCUT2D eigenvalue weighted by Gasteiger charge is -2.14. The summed E-state index contributed by atoms with van der Waals surface area (Å²) in [5, 5.41) is 2.57. The molecule has 1 atom stereocenters. The minimum absolute atomic E-state index is 0.00463. The van der Waals surface area contributed by atoms with E-state index in [-0.39, 0.29) is 17.7 Å². The van der Waals surface area contributed by atoms with Crippen LogP contribution in [0.4, 0.5) is 0 Å². The number of carbonyl (C=O) groups is 2. The van der Waals surface area contributed by atoms with Gasteiger partial charge in [0.05, 0.1) is 18.7 Å². The molecule has 1 fully saturated rings. The van der Waals surface area contributed by atoms with Crippen LogP contribution in [0, 0.1) is 5.92 Å². The molecule has 2 amide bonds. The van der Waals surface area contributed by atoms with Crippen molar-refractivity contribution in [2.75, 3.05) is 13.6 Å². The average molecular weight is 222 g/mol. The number of hydrogen-bond donors (Lipinski definition) is 1. The predicted molar refractivity (Wildman–Crippen MR) is 56.3 cm³/mol. The molecule has 0 radical (unpaired) electrons. The average Bonchev–Trinajstić information content (AvgIpc) is 2.89. The lowest BCUT2D eigenvalue weighted by molar-refractivity contribution is -0.129. The van der Waals surface area contributed by atoms with E-state index in [9.17, 15) is 9.59 Å². The van der Waals surface area contributed by atoms with Crippen LogP contribution in [0.15, 0.2) is 22.8 Å². The van der Waals surface area contributed by atoms with Crippen molar-refractivity contribution in [1.82, 2.24) is 10.2 Å². The van der Waals surface area contributed by atoms with Gasteiger partial charge in [-0.05, 0) is 12.1 Å². The highest BCUT2D eigenvalue weighted by molar-refractivity contribution is 5.89. The second-order valence-electron chi connectivity index (χ2n) is 3.87. The lowest BCUT2D eigenvalue weighted by atomic mass is 10.1. The third-order valence-electron chi connectivity index (χ3n) is 2.76. The SMILES string of the molecule is CNC(=O)C1CC(=O)N(Cc2ccco2)C1. The maximum absolute atomic E-state index is 11.6. The molecule has 0 saturated carbocycles.